The maximum atomic E-state index is 12.1. The number of nitrogens with zero attached hydrogens (tertiary/aromatic N) is 1. The molecule has 0 bridgehead atoms. The molecule has 1 aromatic carbocycles. The van der Waals surface area contributed by atoms with Crippen molar-refractivity contribution in [3.8, 4) is 0 Å². The monoisotopic (exact) mass is 263 g/mol. The van der Waals surface area contributed by atoms with Gasteiger partial charge < -0.3 is 14.4 Å². The first-order valence-corrected chi connectivity index (χ1v) is 6.23. The van der Waals surface area contributed by atoms with E-state index in [-0.39, 0.29) is 18.3 Å². The molecule has 5 nitrogen and oxygen atoms in total. The molecule has 0 saturated carbocycles. The molecule has 1 amide bonds. The summed E-state index contributed by atoms with van der Waals surface area (Å²) in [5, 5.41) is 0. The molecule has 5 heteroatoms. The number of para-hydroxylation sites is 1. The maximum Gasteiger partial charge on any atom is 0.253 e. The number of carbonyl (C=O) groups excluding carboxylic acids is 2. The van der Waals surface area contributed by atoms with Crippen LogP contribution in [-0.2, 0) is 14.3 Å². The van der Waals surface area contributed by atoms with Crippen LogP contribution >= 0.6 is 0 Å². The molecular formula is C14H17NO4. The van der Waals surface area contributed by atoms with Crippen LogP contribution in [0.1, 0.15) is 16.8 Å². The van der Waals surface area contributed by atoms with Crippen LogP contribution in [0, 0.1) is 0 Å². The summed E-state index contributed by atoms with van der Waals surface area (Å²) >= 11 is 0. The molecular weight excluding hydrogens is 246 g/mol. The van der Waals surface area contributed by atoms with Crippen LogP contribution < -0.4 is 4.90 Å². The van der Waals surface area contributed by atoms with Gasteiger partial charge in [0.2, 0.25) is 0 Å². The zero-order valence-electron chi connectivity index (χ0n) is 10.9. The Balaban J connectivity index is 2.03. The molecule has 1 aliphatic heterocycles. The van der Waals surface area contributed by atoms with Crippen LogP contribution in [0.2, 0.25) is 0 Å². The molecule has 102 valence electrons. The highest BCUT2D eigenvalue weighted by Crippen LogP contribution is 2.26. The summed E-state index contributed by atoms with van der Waals surface area (Å²) in [6.07, 6.45) is 0.362. The van der Waals surface area contributed by atoms with Gasteiger partial charge in [-0.05, 0) is 12.1 Å². The number of hydrogen-bond donors (Lipinski definition) is 0. The Hall–Kier alpha value is -1.72. The number of fused-ring (bicyclic) bond motifs is 1. The number of anilines is 1. The van der Waals surface area contributed by atoms with Crippen molar-refractivity contribution in [2.45, 2.75) is 6.42 Å². The van der Waals surface area contributed by atoms with Gasteiger partial charge in [0.25, 0.3) is 5.91 Å². The second-order valence-electron chi connectivity index (χ2n) is 4.28. The van der Waals surface area contributed by atoms with Crippen molar-refractivity contribution in [3.05, 3.63) is 29.8 Å². The maximum absolute atomic E-state index is 12.1. The quantitative estimate of drug-likeness (QED) is 0.751. The van der Waals surface area contributed by atoms with Gasteiger partial charge in [-0.25, -0.2) is 0 Å². The lowest BCUT2D eigenvalue weighted by molar-refractivity contribution is -0.123. The largest absolute Gasteiger partial charge is 0.382 e. The molecule has 0 atom stereocenters. The minimum Gasteiger partial charge on any atom is -0.382 e. The lowest BCUT2D eigenvalue weighted by atomic mass is 10.0. The standard InChI is InChI=1S/C14H17NO4/c1-18-8-9-19-10-14(17)15-7-6-13(16)11-4-2-3-5-12(11)15/h2-5H,6-10H2,1H3. The molecule has 0 aromatic heterocycles. The van der Waals surface area contributed by atoms with Gasteiger partial charge in [0.05, 0.1) is 18.9 Å². The smallest absolute Gasteiger partial charge is 0.253 e. The van der Waals surface area contributed by atoms with Gasteiger partial charge in [0.1, 0.15) is 6.61 Å². The highest BCUT2D eigenvalue weighted by molar-refractivity contribution is 6.08. The Morgan fingerprint density at radius 3 is 2.89 bits per heavy atom. The number of ketones is 1. The van der Waals surface area contributed by atoms with Gasteiger partial charge in [0, 0.05) is 25.6 Å². The number of carbonyl (C=O) groups is 2. The summed E-state index contributed by atoms with van der Waals surface area (Å²) in [6.45, 7) is 1.27. The molecule has 1 heterocycles. The van der Waals surface area contributed by atoms with E-state index in [1.54, 1.807) is 30.2 Å². The van der Waals surface area contributed by atoms with Gasteiger partial charge in [-0.15, -0.1) is 0 Å². The average molecular weight is 263 g/mol. The van der Waals surface area contributed by atoms with Crippen molar-refractivity contribution in [1.29, 1.82) is 0 Å². The molecule has 0 fully saturated rings. The number of methoxy groups -OCH3 is 1. The van der Waals surface area contributed by atoms with Gasteiger partial charge in [-0.3, -0.25) is 9.59 Å². The number of hydrogen-bond acceptors (Lipinski definition) is 4. The predicted molar refractivity (Wildman–Crippen MR) is 70.4 cm³/mol. The molecule has 0 aliphatic carbocycles. The Morgan fingerprint density at radius 1 is 1.32 bits per heavy atom. The molecule has 0 saturated heterocycles. The Kier molecular flexibility index (Phi) is 4.65. The number of Topliss-reactive ketones (excluding diaryl/α,β-unsaturated/α-hetero) is 1. The van der Waals surface area contributed by atoms with Crippen LogP contribution in [0.25, 0.3) is 0 Å². The first-order valence-electron chi connectivity index (χ1n) is 6.23. The Bertz CT molecular complexity index is 472. The summed E-state index contributed by atoms with van der Waals surface area (Å²) in [7, 11) is 1.58. The third-order valence-corrected chi connectivity index (χ3v) is 3.02. The van der Waals surface area contributed by atoms with Crippen LogP contribution in [0.4, 0.5) is 5.69 Å². The lowest BCUT2D eigenvalue weighted by Crippen LogP contribution is -2.39. The summed E-state index contributed by atoms with van der Waals surface area (Å²) in [4.78, 5) is 25.5. The molecule has 0 radical (unpaired) electrons. The normalized spacial score (nSPS) is 14.4. The van der Waals surface area contributed by atoms with Gasteiger partial charge >= 0.3 is 0 Å². The minimum atomic E-state index is -0.129. The molecule has 0 spiro atoms. The number of ether oxygens (including phenoxy) is 2. The van der Waals surface area contributed by atoms with Crippen LogP contribution in [0.3, 0.4) is 0 Å². The van der Waals surface area contributed by atoms with Gasteiger partial charge in [0.15, 0.2) is 5.78 Å². The third kappa shape index (κ3) is 3.19. The second-order valence-corrected chi connectivity index (χ2v) is 4.28. The first-order chi connectivity index (χ1) is 9.24. The van der Waals surface area contributed by atoms with E-state index in [1.165, 1.54) is 0 Å². The van der Waals surface area contributed by atoms with Crippen molar-refractivity contribution in [1.82, 2.24) is 0 Å². The fraction of sp³-hybridized carbons (Fsp3) is 0.429. The molecule has 19 heavy (non-hydrogen) atoms. The van der Waals surface area contributed by atoms with Gasteiger partial charge in [-0.1, -0.05) is 12.1 Å². The highest BCUT2D eigenvalue weighted by atomic mass is 16.5. The van der Waals surface area contributed by atoms with Gasteiger partial charge in [-0.2, -0.15) is 0 Å². The summed E-state index contributed by atoms with van der Waals surface area (Å²) in [6, 6.07) is 7.17. The third-order valence-electron chi connectivity index (χ3n) is 3.02. The highest BCUT2D eigenvalue weighted by Gasteiger charge is 2.26. The Labute approximate surface area is 112 Å². The number of benzene rings is 1. The van der Waals surface area contributed by atoms with E-state index in [0.717, 1.165) is 0 Å². The van der Waals surface area contributed by atoms with Crippen molar-refractivity contribution in [2.75, 3.05) is 38.4 Å². The fourth-order valence-electron chi connectivity index (χ4n) is 2.05. The SMILES string of the molecule is COCCOCC(=O)N1CCC(=O)c2ccccc21. The molecule has 1 aromatic rings. The summed E-state index contributed by atoms with van der Waals surface area (Å²) in [5.74, 6) is -0.0454. The van der Waals surface area contributed by atoms with E-state index in [4.69, 9.17) is 9.47 Å². The van der Waals surface area contributed by atoms with E-state index in [1.807, 2.05) is 6.07 Å². The summed E-state index contributed by atoms with van der Waals surface area (Å²) in [5.41, 5.74) is 1.29. The average Bonchev–Trinajstić information content (AvgIpc) is 2.44. The number of amides is 1. The zero-order chi connectivity index (χ0) is 13.7. The van der Waals surface area contributed by atoms with Crippen molar-refractivity contribution >= 4 is 17.4 Å². The van der Waals surface area contributed by atoms with E-state index in [9.17, 15) is 9.59 Å². The molecule has 2 rings (SSSR count). The Morgan fingerprint density at radius 2 is 2.11 bits per heavy atom. The van der Waals surface area contributed by atoms with E-state index in [0.29, 0.717) is 37.4 Å². The second kappa shape index (κ2) is 6.45. The first kappa shape index (κ1) is 13.7. The molecule has 1 aliphatic rings. The van der Waals surface area contributed by atoms with Crippen LogP contribution in [0.5, 0.6) is 0 Å². The summed E-state index contributed by atoms with van der Waals surface area (Å²) < 4.78 is 10.1. The van der Waals surface area contributed by atoms with Crippen molar-refractivity contribution in [3.63, 3.8) is 0 Å². The predicted octanol–water partition coefficient (Wildman–Crippen LogP) is 1.27. The van der Waals surface area contributed by atoms with E-state index < -0.39 is 0 Å². The van der Waals surface area contributed by atoms with Crippen molar-refractivity contribution < 1.29 is 19.1 Å². The lowest BCUT2D eigenvalue weighted by Gasteiger charge is -2.28. The van der Waals surface area contributed by atoms with Crippen molar-refractivity contribution in [2.24, 2.45) is 0 Å². The van der Waals surface area contributed by atoms with Crippen LogP contribution in [-0.4, -0.2) is 45.2 Å². The van der Waals surface area contributed by atoms with E-state index in [2.05, 4.69) is 0 Å². The zero-order valence-corrected chi connectivity index (χ0v) is 10.9. The van der Waals surface area contributed by atoms with E-state index >= 15 is 0 Å². The topological polar surface area (TPSA) is 55.8 Å². The number of rotatable bonds is 5. The molecule has 0 N–H and O–H groups in total. The molecule has 0 unspecified atom stereocenters. The minimum absolute atomic E-state index is 0.00584. The van der Waals surface area contributed by atoms with Crippen LogP contribution in [0.15, 0.2) is 24.3 Å². The fourth-order valence-corrected chi connectivity index (χ4v) is 2.05.